The van der Waals surface area contributed by atoms with Gasteiger partial charge in [-0.25, -0.2) is 9.18 Å². The van der Waals surface area contributed by atoms with E-state index in [4.69, 9.17) is 11.6 Å². The van der Waals surface area contributed by atoms with Gasteiger partial charge in [0.2, 0.25) is 0 Å². The van der Waals surface area contributed by atoms with Crippen LogP contribution in [0.5, 0.6) is 0 Å². The highest BCUT2D eigenvalue weighted by Crippen LogP contribution is 2.13. The van der Waals surface area contributed by atoms with Gasteiger partial charge < -0.3 is 0 Å². The Balaban J connectivity index is 1.85. The topological polar surface area (TPSA) is 50.7 Å². The molecule has 20 heavy (non-hydrogen) atoms. The van der Waals surface area contributed by atoms with Gasteiger partial charge in [0.1, 0.15) is 5.82 Å². The van der Waals surface area contributed by atoms with E-state index in [1.807, 2.05) is 0 Å². The first-order valence-electron chi connectivity index (χ1n) is 5.66. The number of oxime groups is 1. The van der Waals surface area contributed by atoms with Gasteiger partial charge in [-0.1, -0.05) is 28.9 Å². The van der Waals surface area contributed by atoms with Crippen LogP contribution in [0.1, 0.15) is 5.56 Å². The second-order valence-electron chi connectivity index (χ2n) is 3.80. The summed E-state index contributed by atoms with van der Waals surface area (Å²) in [5.74, 6) is -0.344. The minimum atomic E-state index is -0.731. The maximum absolute atomic E-state index is 12.7. The van der Waals surface area contributed by atoms with Crippen molar-refractivity contribution in [3.05, 3.63) is 64.9 Å². The van der Waals surface area contributed by atoms with Crippen molar-refractivity contribution in [3.8, 4) is 0 Å². The Bertz CT molecular complexity index is 612. The van der Waals surface area contributed by atoms with Crippen LogP contribution in [0.15, 0.2) is 53.7 Å². The lowest BCUT2D eigenvalue weighted by atomic mass is 10.2. The molecule has 102 valence electrons. The zero-order valence-corrected chi connectivity index (χ0v) is 11.0. The lowest BCUT2D eigenvalue weighted by molar-refractivity contribution is 0.167. The van der Waals surface area contributed by atoms with E-state index < -0.39 is 6.09 Å². The molecule has 0 aliphatic rings. The molecular formula is C14H10ClFN2O2. The average molecular weight is 293 g/mol. The predicted octanol–water partition coefficient (Wildman–Crippen LogP) is 4.06. The summed E-state index contributed by atoms with van der Waals surface area (Å²) in [6, 6.07) is 12.1. The van der Waals surface area contributed by atoms with E-state index in [0.29, 0.717) is 16.3 Å². The molecule has 0 spiro atoms. The van der Waals surface area contributed by atoms with Gasteiger partial charge >= 0.3 is 6.09 Å². The third-order valence-corrected chi connectivity index (χ3v) is 2.55. The van der Waals surface area contributed by atoms with Gasteiger partial charge in [0.25, 0.3) is 0 Å². The minimum Gasteiger partial charge on any atom is -0.298 e. The summed E-state index contributed by atoms with van der Waals surface area (Å²) in [6.07, 6.45) is 0.576. The van der Waals surface area contributed by atoms with E-state index in [0.717, 1.165) is 0 Å². The van der Waals surface area contributed by atoms with E-state index in [2.05, 4.69) is 15.3 Å². The number of carbonyl (C=O) groups excluding carboxylic acids is 1. The number of halogens is 2. The molecule has 2 aromatic carbocycles. The van der Waals surface area contributed by atoms with Crippen molar-refractivity contribution >= 4 is 29.6 Å². The Kier molecular flexibility index (Phi) is 4.68. The van der Waals surface area contributed by atoms with Crippen molar-refractivity contribution in [2.45, 2.75) is 0 Å². The molecule has 1 amide bonds. The van der Waals surface area contributed by atoms with Gasteiger partial charge in [-0.2, -0.15) is 0 Å². The summed E-state index contributed by atoms with van der Waals surface area (Å²) in [6.45, 7) is 0. The molecule has 0 fully saturated rings. The number of nitrogens with zero attached hydrogens (tertiary/aromatic N) is 1. The zero-order valence-electron chi connectivity index (χ0n) is 10.2. The van der Waals surface area contributed by atoms with Gasteiger partial charge in [-0.3, -0.25) is 10.2 Å². The Morgan fingerprint density at radius 1 is 1.15 bits per heavy atom. The molecule has 2 rings (SSSR count). The molecule has 0 saturated heterocycles. The number of hydrogen-bond acceptors (Lipinski definition) is 3. The smallest absolute Gasteiger partial charge is 0.298 e. The summed E-state index contributed by atoms with van der Waals surface area (Å²) in [4.78, 5) is 16.0. The number of benzene rings is 2. The Hall–Kier alpha value is -2.40. The van der Waals surface area contributed by atoms with Crippen molar-refractivity contribution in [2.24, 2.45) is 5.16 Å². The van der Waals surface area contributed by atoms with Crippen molar-refractivity contribution < 1.29 is 14.0 Å². The Labute approximate surface area is 119 Å². The van der Waals surface area contributed by atoms with E-state index in [9.17, 15) is 9.18 Å². The number of hydrogen-bond donors (Lipinski definition) is 1. The van der Waals surface area contributed by atoms with Gasteiger partial charge in [0.05, 0.1) is 6.21 Å². The highest BCUT2D eigenvalue weighted by atomic mass is 35.5. The number of nitrogens with one attached hydrogen (secondary N) is 1. The van der Waals surface area contributed by atoms with Crippen LogP contribution in [0, 0.1) is 5.82 Å². The lowest BCUT2D eigenvalue weighted by Crippen LogP contribution is -2.10. The van der Waals surface area contributed by atoms with Crippen LogP contribution >= 0.6 is 11.6 Å². The SMILES string of the molecule is O=C(Nc1ccc(Cl)cc1)O/N=C/c1ccc(F)cc1. The van der Waals surface area contributed by atoms with Crippen LogP contribution in [0.3, 0.4) is 0 Å². The molecule has 1 N–H and O–H groups in total. The predicted molar refractivity (Wildman–Crippen MR) is 75.5 cm³/mol. The highest BCUT2D eigenvalue weighted by Gasteiger charge is 2.02. The molecule has 0 aliphatic heterocycles. The third-order valence-electron chi connectivity index (χ3n) is 2.30. The fourth-order valence-corrected chi connectivity index (χ4v) is 1.48. The first-order chi connectivity index (χ1) is 9.63. The van der Waals surface area contributed by atoms with Crippen LogP contribution in [-0.4, -0.2) is 12.3 Å². The van der Waals surface area contributed by atoms with Crippen LogP contribution in [0.2, 0.25) is 5.02 Å². The van der Waals surface area contributed by atoms with E-state index in [1.165, 1.54) is 30.5 Å². The minimum absolute atomic E-state index is 0.344. The molecule has 0 saturated carbocycles. The fraction of sp³-hybridized carbons (Fsp3) is 0. The molecule has 0 aliphatic carbocycles. The summed E-state index contributed by atoms with van der Waals surface area (Å²) in [7, 11) is 0. The quantitative estimate of drug-likeness (QED) is 0.527. The van der Waals surface area contributed by atoms with E-state index in [-0.39, 0.29) is 5.82 Å². The van der Waals surface area contributed by atoms with Gasteiger partial charge in [0.15, 0.2) is 0 Å². The molecule has 6 heteroatoms. The molecule has 0 unspecified atom stereocenters. The molecule has 0 bridgehead atoms. The molecule has 4 nitrogen and oxygen atoms in total. The van der Waals surface area contributed by atoms with Crippen molar-refractivity contribution in [1.29, 1.82) is 0 Å². The van der Waals surface area contributed by atoms with Crippen molar-refractivity contribution in [1.82, 2.24) is 0 Å². The molecule has 0 atom stereocenters. The summed E-state index contributed by atoms with van der Waals surface area (Å²) in [5.41, 5.74) is 1.15. The Morgan fingerprint density at radius 3 is 2.45 bits per heavy atom. The summed E-state index contributed by atoms with van der Waals surface area (Å²) >= 11 is 5.72. The average Bonchev–Trinajstić information content (AvgIpc) is 2.44. The monoisotopic (exact) mass is 292 g/mol. The van der Waals surface area contributed by atoms with Crippen LogP contribution < -0.4 is 5.32 Å². The molecule has 0 radical (unpaired) electrons. The standard InChI is InChI=1S/C14H10ClFN2O2/c15-11-3-7-13(8-4-11)18-14(19)20-17-9-10-1-5-12(16)6-2-10/h1-9H,(H,18,19)/b17-9+. The maximum atomic E-state index is 12.7. The molecular weight excluding hydrogens is 283 g/mol. The summed E-state index contributed by atoms with van der Waals surface area (Å²) in [5, 5.41) is 6.54. The van der Waals surface area contributed by atoms with Crippen LogP contribution in [0.4, 0.5) is 14.9 Å². The maximum Gasteiger partial charge on any atom is 0.437 e. The van der Waals surface area contributed by atoms with Crippen LogP contribution in [0.25, 0.3) is 0 Å². The first kappa shape index (κ1) is 14.0. The Morgan fingerprint density at radius 2 is 1.80 bits per heavy atom. The normalized spacial score (nSPS) is 10.5. The molecule has 2 aromatic rings. The van der Waals surface area contributed by atoms with Gasteiger partial charge in [0, 0.05) is 10.7 Å². The second kappa shape index (κ2) is 6.68. The second-order valence-corrected chi connectivity index (χ2v) is 4.23. The van der Waals surface area contributed by atoms with Crippen molar-refractivity contribution in [3.63, 3.8) is 0 Å². The largest absolute Gasteiger partial charge is 0.437 e. The highest BCUT2D eigenvalue weighted by molar-refractivity contribution is 6.30. The number of anilines is 1. The number of carbonyl (C=O) groups is 1. The first-order valence-corrected chi connectivity index (χ1v) is 6.04. The van der Waals surface area contributed by atoms with Gasteiger partial charge in [-0.15, -0.1) is 0 Å². The lowest BCUT2D eigenvalue weighted by Gasteiger charge is -2.02. The van der Waals surface area contributed by atoms with Gasteiger partial charge in [-0.05, 0) is 42.0 Å². The van der Waals surface area contributed by atoms with Crippen molar-refractivity contribution in [2.75, 3.05) is 5.32 Å². The molecule has 0 heterocycles. The number of rotatable bonds is 3. The zero-order chi connectivity index (χ0) is 14.4. The number of amides is 1. The third kappa shape index (κ3) is 4.37. The summed E-state index contributed by atoms with van der Waals surface area (Å²) < 4.78 is 12.7. The fourth-order valence-electron chi connectivity index (χ4n) is 1.36. The van der Waals surface area contributed by atoms with E-state index in [1.54, 1.807) is 24.3 Å². The van der Waals surface area contributed by atoms with E-state index >= 15 is 0 Å². The molecule has 0 aromatic heterocycles. The van der Waals surface area contributed by atoms with Crippen LogP contribution in [-0.2, 0) is 4.84 Å².